The van der Waals surface area contributed by atoms with Gasteiger partial charge in [0.25, 0.3) is 0 Å². The van der Waals surface area contributed by atoms with E-state index < -0.39 is 6.61 Å². The van der Waals surface area contributed by atoms with Gasteiger partial charge in [-0.3, -0.25) is 9.58 Å². The van der Waals surface area contributed by atoms with E-state index in [1.54, 1.807) is 6.20 Å². The standard InChI is InChI=1S/C23H31F2N5O2/c1-12(2)30-19(9-18(28-30)14-6-20(32-23(24)25)22(26)27-10-14)21-16-7-15(8-17(16)21)29-4-5-31-13(3)11-29/h6,9-10,12-13,15-17,21,23H,4-5,7-8,11H2,1-3H3,(H2,26,27)/t13-,15-,16-,17+,21+/m1/s1. The maximum absolute atomic E-state index is 12.7. The average molecular weight is 448 g/mol. The largest absolute Gasteiger partial charge is 0.431 e. The number of anilines is 1. The average Bonchev–Trinajstić information content (AvgIpc) is 3.08. The summed E-state index contributed by atoms with van der Waals surface area (Å²) in [4.78, 5) is 6.64. The summed E-state index contributed by atoms with van der Waals surface area (Å²) >= 11 is 0. The predicted octanol–water partition coefficient (Wildman–Crippen LogP) is 3.92. The molecule has 2 aromatic rings. The van der Waals surface area contributed by atoms with Crippen molar-refractivity contribution in [3.05, 3.63) is 24.0 Å². The van der Waals surface area contributed by atoms with Gasteiger partial charge >= 0.3 is 6.61 Å². The molecule has 174 valence electrons. The van der Waals surface area contributed by atoms with Gasteiger partial charge in [-0.1, -0.05) is 0 Å². The van der Waals surface area contributed by atoms with Crippen LogP contribution in [-0.4, -0.2) is 58.1 Å². The molecule has 1 aliphatic heterocycles. The van der Waals surface area contributed by atoms with E-state index in [0.29, 0.717) is 41.2 Å². The van der Waals surface area contributed by atoms with E-state index in [0.717, 1.165) is 19.7 Å². The quantitative estimate of drug-likeness (QED) is 0.723. The maximum Gasteiger partial charge on any atom is 0.387 e. The van der Waals surface area contributed by atoms with Gasteiger partial charge in [0.2, 0.25) is 0 Å². The van der Waals surface area contributed by atoms with Crippen LogP contribution in [0, 0.1) is 11.8 Å². The topological polar surface area (TPSA) is 78.4 Å². The minimum absolute atomic E-state index is 0.0576. The number of aromatic nitrogens is 3. The fourth-order valence-corrected chi connectivity index (χ4v) is 5.72. The number of alkyl halides is 2. The lowest BCUT2D eigenvalue weighted by atomic mass is 10.0. The van der Waals surface area contributed by atoms with Gasteiger partial charge in [0.15, 0.2) is 11.6 Å². The second kappa shape index (κ2) is 8.26. The Labute approximate surface area is 186 Å². The third-order valence-electron chi connectivity index (χ3n) is 7.20. The number of hydrogen-bond acceptors (Lipinski definition) is 6. The molecule has 5 atom stereocenters. The third-order valence-corrected chi connectivity index (χ3v) is 7.20. The van der Waals surface area contributed by atoms with Gasteiger partial charge in [-0.25, -0.2) is 4.98 Å². The van der Waals surface area contributed by atoms with Crippen molar-refractivity contribution in [2.24, 2.45) is 11.8 Å². The monoisotopic (exact) mass is 447 g/mol. The van der Waals surface area contributed by atoms with E-state index in [2.05, 4.69) is 46.1 Å². The normalized spacial score (nSPS) is 30.2. The molecule has 3 aliphatic rings. The van der Waals surface area contributed by atoms with Crippen LogP contribution in [0.1, 0.15) is 51.3 Å². The van der Waals surface area contributed by atoms with Crippen molar-refractivity contribution in [1.29, 1.82) is 0 Å². The molecule has 3 heterocycles. The zero-order valence-electron chi connectivity index (χ0n) is 18.7. The highest BCUT2D eigenvalue weighted by atomic mass is 19.3. The van der Waals surface area contributed by atoms with E-state index >= 15 is 0 Å². The molecule has 2 aromatic heterocycles. The Bertz CT molecular complexity index is 969. The third kappa shape index (κ3) is 3.96. The van der Waals surface area contributed by atoms with Gasteiger partial charge in [-0.2, -0.15) is 13.9 Å². The fraction of sp³-hybridized carbons (Fsp3) is 0.652. The molecule has 2 aliphatic carbocycles. The lowest BCUT2D eigenvalue weighted by Crippen LogP contribution is -2.46. The first-order valence-electron chi connectivity index (χ1n) is 11.5. The Morgan fingerprint density at radius 3 is 2.62 bits per heavy atom. The molecule has 3 fully saturated rings. The lowest BCUT2D eigenvalue weighted by Gasteiger charge is -2.36. The van der Waals surface area contributed by atoms with Crippen LogP contribution in [0.5, 0.6) is 5.75 Å². The maximum atomic E-state index is 12.7. The van der Waals surface area contributed by atoms with E-state index in [-0.39, 0.29) is 17.6 Å². The number of nitrogens with two attached hydrogens (primary N) is 1. The smallest absolute Gasteiger partial charge is 0.387 e. The highest BCUT2D eigenvalue weighted by molar-refractivity contribution is 5.64. The van der Waals surface area contributed by atoms with E-state index in [1.165, 1.54) is 24.6 Å². The summed E-state index contributed by atoms with van der Waals surface area (Å²) in [5.41, 5.74) is 8.26. The van der Waals surface area contributed by atoms with Crippen molar-refractivity contribution < 1.29 is 18.3 Å². The summed E-state index contributed by atoms with van der Waals surface area (Å²) in [6, 6.07) is 4.44. The zero-order chi connectivity index (χ0) is 22.6. The first-order valence-corrected chi connectivity index (χ1v) is 11.5. The van der Waals surface area contributed by atoms with Crippen molar-refractivity contribution in [3.8, 4) is 17.0 Å². The molecular weight excluding hydrogens is 416 g/mol. The molecule has 0 aromatic carbocycles. The number of hydrogen-bond donors (Lipinski definition) is 1. The number of halogens is 2. The van der Waals surface area contributed by atoms with Crippen LogP contribution in [0.15, 0.2) is 18.3 Å². The number of fused-ring (bicyclic) bond motifs is 1. The Morgan fingerprint density at radius 1 is 1.22 bits per heavy atom. The SMILES string of the molecule is CC(C)n1nc(-c2cnc(N)c(OC(F)F)c2)cc1[C@H]1[C@@H]2C[C@@H](N3CCO[C@H](C)C3)C[C@@H]21. The molecule has 7 nitrogen and oxygen atoms in total. The van der Waals surface area contributed by atoms with Gasteiger partial charge in [0, 0.05) is 48.5 Å². The number of ether oxygens (including phenoxy) is 2. The molecule has 0 bridgehead atoms. The first kappa shape index (κ1) is 21.6. The second-order valence-electron chi connectivity index (χ2n) is 9.63. The Balaban J connectivity index is 1.35. The van der Waals surface area contributed by atoms with Gasteiger partial charge in [-0.15, -0.1) is 0 Å². The molecule has 2 N–H and O–H groups in total. The second-order valence-corrected chi connectivity index (χ2v) is 9.63. The molecule has 32 heavy (non-hydrogen) atoms. The minimum Gasteiger partial charge on any atom is -0.431 e. The Kier molecular flexibility index (Phi) is 5.57. The van der Waals surface area contributed by atoms with Crippen LogP contribution in [0.2, 0.25) is 0 Å². The molecule has 0 unspecified atom stereocenters. The molecule has 0 amide bonds. The van der Waals surface area contributed by atoms with E-state index in [1.807, 2.05) is 0 Å². The van der Waals surface area contributed by atoms with Crippen molar-refractivity contribution in [1.82, 2.24) is 19.7 Å². The van der Waals surface area contributed by atoms with Crippen LogP contribution in [0.4, 0.5) is 14.6 Å². The van der Waals surface area contributed by atoms with Crippen molar-refractivity contribution in [2.75, 3.05) is 25.4 Å². The first-order chi connectivity index (χ1) is 15.3. The van der Waals surface area contributed by atoms with Gasteiger partial charge in [0.1, 0.15) is 0 Å². The number of nitrogen functional groups attached to an aromatic ring is 1. The zero-order valence-corrected chi connectivity index (χ0v) is 18.7. The van der Waals surface area contributed by atoms with Crippen molar-refractivity contribution in [2.45, 2.75) is 64.3 Å². The summed E-state index contributed by atoms with van der Waals surface area (Å²) in [6.45, 7) is 6.30. The Hall–Kier alpha value is -2.26. The van der Waals surface area contributed by atoms with Crippen LogP contribution in [0.3, 0.4) is 0 Å². The van der Waals surface area contributed by atoms with Crippen molar-refractivity contribution in [3.63, 3.8) is 0 Å². The molecule has 0 spiro atoms. The fourth-order valence-electron chi connectivity index (χ4n) is 5.72. The minimum atomic E-state index is -2.95. The predicted molar refractivity (Wildman–Crippen MR) is 117 cm³/mol. The molecule has 5 rings (SSSR count). The van der Waals surface area contributed by atoms with Gasteiger partial charge < -0.3 is 15.2 Å². The number of morpholine rings is 1. The number of rotatable bonds is 6. The van der Waals surface area contributed by atoms with Gasteiger partial charge in [0.05, 0.1) is 18.4 Å². The molecule has 0 radical (unpaired) electrons. The van der Waals surface area contributed by atoms with E-state index in [9.17, 15) is 8.78 Å². The van der Waals surface area contributed by atoms with E-state index in [4.69, 9.17) is 15.6 Å². The summed E-state index contributed by atoms with van der Waals surface area (Å²) in [7, 11) is 0. The van der Waals surface area contributed by atoms with Crippen LogP contribution >= 0.6 is 0 Å². The molecule has 1 saturated heterocycles. The number of pyridine rings is 1. The summed E-state index contributed by atoms with van der Waals surface area (Å²) in [6.07, 6.45) is 4.31. The summed E-state index contributed by atoms with van der Waals surface area (Å²) in [5, 5.41) is 4.80. The summed E-state index contributed by atoms with van der Waals surface area (Å²) in [5.74, 6) is 1.69. The Morgan fingerprint density at radius 2 is 1.97 bits per heavy atom. The van der Waals surface area contributed by atoms with Crippen LogP contribution < -0.4 is 10.5 Å². The van der Waals surface area contributed by atoms with Crippen LogP contribution in [-0.2, 0) is 4.74 Å². The lowest BCUT2D eigenvalue weighted by molar-refractivity contribution is -0.0494. The molecular formula is C23H31F2N5O2. The summed E-state index contributed by atoms with van der Waals surface area (Å²) < 4.78 is 37.7. The molecule has 2 saturated carbocycles. The van der Waals surface area contributed by atoms with Crippen LogP contribution in [0.25, 0.3) is 11.3 Å². The highest BCUT2D eigenvalue weighted by Crippen LogP contribution is 2.64. The van der Waals surface area contributed by atoms with Gasteiger partial charge in [-0.05, 0) is 57.6 Å². The highest BCUT2D eigenvalue weighted by Gasteiger charge is 2.58. The molecule has 9 heteroatoms. The number of nitrogens with zero attached hydrogens (tertiary/aromatic N) is 4. The van der Waals surface area contributed by atoms with Crippen molar-refractivity contribution >= 4 is 5.82 Å².